The number of rotatable bonds is 6. The van der Waals surface area contributed by atoms with E-state index in [0.717, 1.165) is 23.0 Å². The maximum atomic E-state index is 13.5. The average Bonchev–Trinajstić information content (AvgIpc) is 3.21. The first-order valence-corrected chi connectivity index (χ1v) is 11.6. The molecule has 0 aliphatic carbocycles. The van der Waals surface area contributed by atoms with Crippen LogP contribution < -0.4 is 4.90 Å². The topological polar surface area (TPSA) is 66.9 Å². The van der Waals surface area contributed by atoms with E-state index >= 15 is 0 Å². The van der Waals surface area contributed by atoms with Gasteiger partial charge in [0, 0.05) is 17.1 Å². The number of anilines is 1. The number of fused-ring (bicyclic) bond motifs is 1. The number of carbonyl (C=O) groups is 3. The van der Waals surface area contributed by atoms with Crippen LogP contribution in [-0.2, 0) is 25.7 Å². The highest BCUT2D eigenvalue weighted by atomic mass is 35.5. The van der Waals surface area contributed by atoms with Crippen LogP contribution in [0.4, 0.5) is 5.69 Å². The molecule has 1 saturated heterocycles. The van der Waals surface area contributed by atoms with Gasteiger partial charge in [-0.15, -0.1) is 0 Å². The second kappa shape index (κ2) is 9.44. The van der Waals surface area contributed by atoms with E-state index in [1.807, 2.05) is 36.4 Å². The van der Waals surface area contributed by atoms with Crippen LogP contribution >= 0.6 is 35.6 Å². The molecule has 0 atom stereocenters. The molecule has 0 bridgehead atoms. The first kappa shape index (κ1) is 22.5. The van der Waals surface area contributed by atoms with Crippen LogP contribution in [-0.4, -0.2) is 40.2 Å². The van der Waals surface area contributed by atoms with Gasteiger partial charge >= 0.3 is 5.97 Å². The molecule has 2 aliphatic rings. The standard InChI is InChI=1S/C23H19ClN2O4S2/c1-2-30-18(27)11-12-25-22(29)20(32-23(25)31)19-16-5-3-4-6-17(16)26(21(19)28)13-14-7-9-15(24)10-8-14/h3-10H,2,11-13H2,1H3/b20-19-. The van der Waals surface area contributed by atoms with Crippen molar-refractivity contribution >= 4 is 68.9 Å². The molecule has 4 rings (SSSR count). The Morgan fingerprint density at radius 3 is 2.50 bits per heavy atom. The van der Waals surface area contributed by atoms with E-state index in [1.54, 1.807) is 24.0 Å². The SMILES string of the molecule is CCOC(=O)CCN1C(=O)/C(=C2/C(=O)N(Cc3ccc(Cl)cc3)c3ccccc32)SC1=S. The number of amides is 2. The first-order chi connectivity index (χ1) is 15.4. The maximum absolute atomic E-state index is 13.5. The third kappa shape index (κ3) is 4.30. The first-order valence-electron chi connectivity index (χ1n) is 10.00. The maximum Gasteiger partial charge on any atom is 0.307 e. The van der Waals surface area contributed by atoms with E-state index in [1.165, 1.54) is 4.90 Å². The number of hydrogen-bond donors (Lipinski definition) is 0. The minimum atomic E-state index is -0.398. The number of para-hydroxylation sites is 1. The van der Waals surface area contributed by atoms with Gasteiger partial charge < -0.3 is 9.64 Å². The summed E-state index contributed by atoms with van der Waals surface area (Å²) >= 11 is 12.4. The average molecular weight is 487 g/mol. The summed E-state index contributed by atoms with van der Waals surface area (Å²) in [7, 11) is 0. The summed E-state index contributed by atoms with van der Waals surface area (Å²) < 4.78 is 5.25. The summed E-state index contributed by atoms with van der Waals surface area (Å²) in [6.07, 6.45) is 0.0378. The van der Waals surface area contributed by atoms with Gasteiger partial charge in [-0.1, -0.05) is 65.9 Å². The van der Waals surface area contributed by atoms with E-state index < -0.39 is 5.97 Å². The predicted octanol–water partition coefficient (Wildman–Crippen LogP) is 4.41. The number of nitrogens with zero attached hydrogens (tertiary/aromatic N) is 2. The third-order valence-electron chi connectivity index (χ3n) is 5.10. The van der Waals surface area contributed by atoms with E-state index in [9.17, 15) is 14.4 Å². The fourth-order valence-electron chi connectivity index (χ4n) is 3.61. The summed E-state index contributed by atoms with van der Waals surface area (Å²) in [6.45, 7) is 2.46. The number of benzene rings is 2. The van der Waals surface area contributed by atoms with Gasteiger partial charge in [0.25, 0.3) is 11.8 Å². The van der Waals surface area contributed by atoms with Crippen LogP contribution in [0.2, 0.25) is 5.02 Å². The highest BCUT2D eigenvalue weighted by Crippen LogP contribution is 2.45. The van der Waals surface area contributed by atoms with E-state index in [0.29, 0.717) is 27.0 Å². The number of thiocarbonyl (C=S) groups is 1. The lowest BCUT2D eigenvalue weighted by molar-refractivity contribution is -0.143. The van der Waals surface area contributed by atoms with E-state index in [2.05, 4.69) is 0 Å². The Bertz CT molecular complexity index is 1150. The molecule has 9 heteroatoms. The van der Waals surface area contributed by atoms with Crippen LogP contribution in [0.15, 0.2) is 53.4 Å². The molecule has 2 aliphatic heterocycles. The van der Waals surface area contributed by atoms with Gasteiger partial charge in [-0.25, -0.2) is 0 Å². The van der Waals surface area contributed by atoms with Crippen LogP contribution in [0.3, 0.4) is 0 Å². The summed E-state index contributed by atoms with van der Waals surface area (Å²) in [5, 5.41) is 0.620. The molecule has 2 amide bonds. The Kier molecular flexibility index (Phi) is 6.64. The van der Waals surface area contributed by atoms with Crippen LogP contribution in [0.25, 0.3) is 5.57 Å². The summed E-state index contributed by atoms with van der Waals surface area (Å²) in [6, 6.07) is 14.7. The highest BCUT2D eigenvalue weighted by Gasteiger charge is 2.41. The molecular formula is C23H19ClN2O4S2. The Labute approximate surface area is 200 Å². The van der Waals surface area contributed by atoms with E-state index in [-0.39, 0.29) is 36.3 Å². The zero-order chi connectivity index (χ0) is 22.8. The van der Waals surface area contributed by atoms with Crippen LogP contribution in [0, 0.1) is 0 Å². The molecule has 0 aromatic heterocycles. The quantitative estimate of drug-likeness (QED) is 0.342. The van der Waals surface area contributed by atoms with Crippen LogP contribution in [0.5, 0.6) is 0 Å². The molecule has 2 heterocycles. The number of halogens is 1. The molecule has 0 spiro atoms. The number of thioether (sulfide) groups is 1. The van der Waals surface area contributed by atoms with Gasteiger partial charge in [0.15, 0.2) is 0 Å². The Balaban J connectivity index is 1.65. The Hall–Kier alpha value is -2.68. The molecule has 2 aromatic rings. The second-order valence-corrected chi connectivity index (χ2v) is 9.20. The third-order valence-corrected chi connectivity index (χ3v) is 6.80. The van der Waals surface area contributed by atoms with Crippen molar-refractivity contribution in [1.29, 1.82) is 0 Å². The van der Waals surface area contributed by atoms with Gasteiger partial charge in [0.2, 0.25) is 0 Å². The van der Waals surface area contributed by atoms with Crippen molar-refractivity contribution in [2.24, 2.45) is 0 Å². The van der Waals surface area contributed by atoms with Gasteiger partial charge in [-0.05, 0) is 30.7 Å². The second-order valence-electron chi connectivity index (χ2n) is 7.12. The zero-order valence-electron chi connectivity index (χ0n) is 17.2. The number of carbonyl (C=O) groups excluding carboxylic acids is 3. The van der Waals surface area contributed by atoms with Crippen molar-refractivity contribution in [3.8, 4) is 0 Å². The molecule has 0 unspecified atom stereocenters. The number of esters is 1. The van der Waals surface area contributed by atoms with Crippen molar-refractivity contribution in [3.05, 3.63) is 69.6 Å². The summed E-state index contributed by atoms with van der Waals surface area (Å²) in [4.78, 5) is 41.6. The monoisotopic (exact) mass is 486 g/mol. The van der Waals surface area contributed by atoms with E-state index in [4.69, 9.17) is 28.6 Å². The lowest BCUT2D eigenvalue weighted by Gasteiger charge is -2.17. The fraction of sp³-hybridized carbons (Fsp3) is 0.217. The molecule has 6 nitrogen and oxygen atoms in total. The lowest BCUT2D eigenvalue weighted by atomic mass is 10.1. The fourth-order valence-corrected chi connectivity index (χ4v) is 5.11. The minimum absolute atomic E-state index is 0.0378. The van der Waals surface area contributed by atoms with Gasteiger partial charge in [-0.3, -0.25) is 19.3 Å². The van der Waals surface area contributed by atoms with Crippen molar-refractivity contribution in [3.63, 3.8) is 0 Å². The normalized spacial score (nSPS) is 17.9. The molecule has 0 saturated carbocycles. The molecule has 164 valence electrons. The minimum Gasteiger partial charge on any atom is -0.466 e. The highest BCUT2D eigenvalue weighted by molar-refractivity contribution is 8.26. The molecule has 32 heavy (non-hydrogen) atoms. The Morgan fingerprint density at radius 2 is 1.78 bits per heavy atom. The van der Waals surface area contributed by atoms with Gasteiger partial charge in [0.05, 0.1) is 35.7 Å². The van der Waals surface area contributed by atoms with Crippen LogP contribution in [0.1, 0.15) is 24.5 Å². The molecule has 2 aromatic carbocycles. The summed E-state index contributed by atoms with van der Waals surface area (Å²) in [5.74, 6) is -1.02. The summed E-state index contributed by atoms with van der Waals surface area (Å²) in [5.41, 5.74) is 2.68. The predicted molar refractivity (Wildman–Crippen MR) is 129 cm³/mol. The molecule has 1 fully saturated rings. The lowest BCUT2D eigenvalue weighted by Crippen LogP contribution is -2.31. The van der Waals surface area contributed by atoms with Gasteiger partial charge in [-0.2, -0.15) is 0 Å². The molecule has 0 radical (unpaired) electrons. The zero-order valence-corrected chi connectivity index (χ0v) is 19.6. The molecule has 0 N–H and O–H groups in total. The van der Waals surface area contributed by atoms with Crippen molar-refractivity contribution in [2.45, 2.75) is 19.9 Å². The van der Waals surface area contributed by atoms with Crippen molar-refractivity contribution in [1.82, 2.24) is 4.90 Å². The molecular weight excluding hydrogens is 468 g/mol. The number of ether oxygens (including phenoxy) is 1. The van der Waals surface area contributed by atoms with Crippen molar-refractivity contribution < 1.29 is 19.1 Å². The van der Waals surface area contributed by atoms with Crippen molar-refractivity contribution in [2.75, 3.05) is 18.1 Å². The number of hydrogen-bond acceptors (Lipinski definition) is 6. The smallest absolute Gasteiger partial charge is 0.307 e. The largest absolute Gasteiger partial charge is 0.466 e. The Morgan fingerprint density at radius 1 is 1.06 bits per heavy atom. The van der Waals surface area contributed by atoms with Gasteiger partial charge in [0.1, 0.15) is 4.32 Å².